The predicted octanol–water partition coefficient (Wildman–Crippen LogP) is 2.15. The monoisotopic (exact) mass is 236 g/mol. The van der Waals surface area contributed by atoms with Gasteiger partial charge < -0.3 is 10.6 Å². The van der Waals surface area contributed by atoms with Crippen molar-refractivity contribution < 1.29 is 9.18 Å². The Bertz CT molecular complexity index is 389. The van der Waals surface area contributed by atoms with E-state index in [1.165, 1.54) is 12.1 Å². The molecule has 1 saturated heterocycles. The number of nitrogens with one attached hydrogen (secondary N) is 2. The van der Waals surface area contributed by atoms with Crippen molar-refractivity contribution in [2.45, 2.75) is 19.3 Å². The minimum absolute atomic E-state index is 0.0394. The van der Waals surface area contributed by atoms with Gasteiger partial charge in [-0.1, -0.05) is 6.07 Å². The molecule has 0 bridgehead atoms. The second-order valence-electron chi connectivity index (χ2n) is 4.46. The van der Waals surface area contributed by atoms with E-state index in [0.29, 0.717) is 18.0 Å². The fraction of sp³-hybridized carbons (Fsp3) is 0.462. The summed E-state index contributed by atoms with van der Waals surface area (Å²) in [4.78, 5) is 11.6. The van der Waals surface area contributed by atoms with Crippen LogP contribution in [-0.2, 0) is 4.79 Å². The zero-order valence-electron chi connectivity index (χ0n) is 9.71. The van der Waals surface area contributed by atoms with Crippen molar-refractivity contribution in [1.82, 2.24) is 5.32 Å². The lowest BCUT2D eigenvalue weighted by Gasteiger charge is -2.08. The van der Waals surface area contributed by atoms with Crippen LogP contribution in [0.4, 0.5) is 10.1 Å². The first-order valence-corrected chi connectivity index (χ1v) is 6.00. The Hall–Kier alpha value is -1.42. The number of hydrogen-bond acceptors (Lipinski definition) is 2. The molecule has 0 aliphatic carbocycles. The minimum atomic E-state index is -0.331. The summed E-state index contributed by atoms with van der Waals surface area (Å²) >= 11 is 0. The van der Waals surface area contributed by atoms with Crippen molar-refractivity contribution in [2.24, 2.45) is 5.92 Å². The van der Waals surface area contributed by atoms with Gasteiger partial charge in [0.1, 0.15) is 5.82 Å². The van der Waals surface area contributed by atoms with Crippen molar-refractivity contribution in [1.29, 1.82) is 0 Å². The summed E-state index contributed by atoms with van der Waals surface area (Å²) in [6.45, 7) is 2.06. The molecular weight excluding hydrogens is 219 g/mol. The Morgan fingerprint density at radius 3 is 3.12 bits per heavy atom. The minimum Gasteiger partial charge on any atom is -0.326 e. The molecule has 4 heteroatoms. The van der Waals surface area contributed by atoms with Crippen LogP contribution in [0.3, 0.4) is 0 Å². The van der Waals surface area contributed by atoms with Gasteiger partial charge in [0.15, 0.2) is 0 Å². The van der Waals surface area contributed by atoms with Crippen LogP contribution in [0.25, 0.3) is 0 Å². The molecule has 2 N–H and O–H groups in total. The Morgan fingerprint density at radius 1 is 1.53 bits per heavy atom. The first-order chi connectivity index (χ1) is 8.24. The molecule has 1 aromatic rings. The summed E-state index contributed by atoms with van der Waals surface area (Å²) in [6, 6.07) is 5.97. The number of rotatable bonds is 4. The van der Waals surface area contributed by atoms with Crippen LogP contribution in [0.15, 0.2) is 24.3 Å². The number of carbonyl (C=O) groups excluding carboxylic acids is 1. The third-order valence-electron chi connectivity index (χ3n) is 3.05. The van der Waals surface area contributed by atoms with Gasteiger partial charge in [0, 0.05) is 12.1 Å². The number of benzene rings is 1. The molecule has 1 atom stereocenters. The van der Waals surface area contributed by atoms with Gasteiger partial charge in [-0.3, -0.25) is 4.79 Å². The van der Waals surface area contributed by atoms with Gasteiger partial charge in [-0.15, -0.1) is 0 Å². The van der Waals surface area contributed by atoms with Gasteiger partial charge in [0.2, 0.25) is 5.91 Å². The number of anilines is 1. The second-order valence-corrected chi connectivity index (χ2v) is 4.46. The summed E-state index contributed by atoms with van der Waals surface area (Å²) in [5.74, 6) is 0.235. The quantitative estimate of drug-likeness (QED) is 0.841. The van der Waals surface area contributed by atoms with Gasteiger partial charge in [0.05, 0.1) is 0 Å². The maximum absolute atomic E-state index is 12.9. The summed E-state index contributed by atoms with van der Waals surface area (Å²) < 4.78 is 12.9. The van der Waals surface area contributed by atoms with E-state index in [2.05, 4.69) is 10.6 Å². The lowest BCUT2D eigenvalue weighted by Crippen LogP contribution is -2.15. The Balaban J connectivity index is 1.76. The van der Waals surface area contributed by atoms with Crippen molar-refractivity contribution in [3.63, 3.8) is 0 Å². The highest BCUT2D eigenvalue weighted by Crippen LogP contribution is 2.15. The third-order valence-corrected chi connectivity index (χ3v) is 3.05. The Labute approximate surface area is 100 Å². The van der Waals surface area contributed by atoms with Crippen LogP contribution < -0.4 is 10.6 Å². The maximum atomic E-state index is 12.9. The highest BCUT2D eigenvalue weighted by atomic mass is 19.1. The highest BCUT2D eigenvalue weighted by molar-refractivity contribution is 5.90. The second kappa shape index (κ2) is 5.77. The largest absolute Gasteiger partial charge is 0.326 e. The van der Waals surface area contributed by atoms with E-state index in [1.54, 1.807) is 12.1 Å². The summed E-state index contributed by atoms with van der Waals surface area (Å²) in [6.07, 6.45) is 2.55. The van der Waals surface area contributed by atoms with Gasteiger partial charge in [-0.05, 0) is 50.0 Å². The molecule has 0 aromatic heterocycles. The maximum Gasteiger partial charge on any atom is 0.224 e. The van der Waals surface area contributed by atoms with E-state index in [4.69, 9.17) is 0 Å². The number of carbonyl (C=O) groups is 1. The molecule has 0 radical (unpaired) electrons. The van der Waals surface area contributed by atoms with Crippen LogP contribution in [0.5, 0.6) is 0 Å². The molecule has 3 nitrogen and oxygen atoms in total. The molecule has 0 saturated carbocycles. The SMILES string of the molecule is O=C(CCC1CCNC1)Nc1cccc(F)c1. The molecule has 1 aliphatic heterocycles. The van der Waals surface area contributed by atoms with Crippen LogP contribution in [0.1, 0.15) is 19.3 Å². The molecular formula is C13H17FN2O. The molecule has 1 heterocycles. The first-order valence-electron chi connectivity index (χ1n) is 6.00. The predicted molar refractivity (Wildman–Crippen MR) is 65.2 cm³/mol. The summed E-state index contributed by atoms with van der Waals surface area (Å²) in [5.41, 5.74) is 0.527. The number of amides is 1. The fourth-order valence-corrected chi connectivity index (χ4v) is 2.09. The average molecular weight is 236 g/mol. The topological polar surface area (TPSA) is 41.1 Å². The molecule has 1 amide bonds. The van der Waals surface area contributed by atoms with E-state index in [-0.39, 0.29) is 11.7 Å². The molecule has 92 valence electrons. The standard InChI is InChI=1S/C13H17FN2O/c14-11-2-1-3-12(8-11)16-13(17)5-4-10-6-7-15-9-10/h1-3,8,10,15H,4-7,9H2,(H,16,17). The number of hydrogen-bond donors (Lipinski definition) is 2. The smallest absolute Gasteiger partial charge is 0.224 e. The van der Waals surface area contributed by atoms with Crippen LogP contribution in [0, 0.1) is 11.7 Å². The van der Waals surface area contributed by atoms with E-state index in [1.807, 2.05) is 0 Å². The first kappa shape index (κ1) is 12.0. The van der Waals surface area contributed by atoms with Gasteiger partial charge in [-0.25, -0.2) is 4.39 Å². The van der Waals surface area contributed by atoms with E-state index < -0.39 is 0 Å². The fourth-order valence-electron chi connectivity index (χ4n) is 2.09. The lowest BCUT2D eigenvalue weighted by molar-refractivity contribution is -0.116. The number of halogens is 1. The average Bonchev–Trinajstić information content (AvgIpc) is 2.79. The zero-order valence-corrected chi connectivity index (χ0v) is 9.71. The van der Waals surface area contributed by atoms with Crippen molar-refractivity contribution in [2.75, 3.05) is 18.4 Å². The normalized spacial score (nSPS) is 19.2. The molecule has 1 unspecified atom stereocenters. The summed E-state index contributed by atoms with van der Waals surface area (Å²) in [5, 5.41) is 5.98. The van der Waals surface area contributed by atoms with Gasteiger partial charge >= 0.3 is 0 Å². The molecule has 17 heavy (non-hydrogen) atoms. The van der Waals surface area contributed by atoms with E-state index in [0.717, 1.165) is 25.9 Å². The Morgan fingerprint density at radius 2 is 2.41 bits per heavy atom. The van der Waals surface area contributed by atoms with Crippen LogP contribution in [0.2, 0.25) is 0 Å². The van der Waals surface area contributed by atoms with E-state index >= 15 is 0 Å². The van der Waals surface area contributed by atoms with Crippen molar-refractivity contribution in [3.8, 4) is 0 Å². The highest BCUT2D eigenvalue weighted by Gasteiger charge is 2.15. The van der Waals surface area contributed by atoms with Gasteiger partial charge in [-0.2, -0.15) is 0 Å². The molecule has 0 spiro atoms. The molecule has 1 aromatic carbocycles. The molecule has 1 fully saturated rings. The lowest BCUT2D eigenvalue weighted by atomic mass is 10.0. The van der Waals surface area contributed by atoms with Crippen LogP contribution in [-0.4, -0.2) is 19.0 Å². The van der Waals surface area contributed by atoms with Crippen LogP contribution >= 0.6 is 0 Å². The summed E-state index contributed by atoms with van der Waals surface area (Å²) in [7, 11) is 0. The van der Waals surface area contributed by atoms with Crippen molar-refractivity contribution in [3.05, 3.63) is 30.1 Å². The van der Waals surface area contributed by atoms with Gasteiger partial charge in [0.25, 0.3) is 0 Å². The third kappa shape index (κ3) is 3.82. The molecule has 2 rings (SSSR count). The van der Waals surface area contributed by atoms with Crippen molar-refractivity contribution >= 4 is 11.6 Å². The zero-order chi connectivity index (χ0) is 12.1. The molecule has 1 aliphatic rings. The Kier molecular flexibility index (Phi) is 4.09. The van der Waals surface area contributed by atoms with E-state index in [9.17, 15) is 9.18 Å².